The molecule has 2 heterocycles. The van der Waals surface area contributed by atoms with Gasteiger partial charge in [-0.1, -0.05) is 0 Å². The second kappa shape index (κ2) is 2.90. The summed E-state index contributed by atoms with van der Waals surface area (Å²) in [5.74, 6) is -0.199. The molecule has 0 N–H and O–H groups in total. The third kappa shape index (κ3) is 1.25. The maximum atomic E-state index is 11.1. The largest absolute Gasteiger partial charge is 0.466 e. The van der Waals surface area contributed by atoms with Crippen molar-refractivity contribution in [3.05, 3.63) is 11.6 Å². The highest BCUT2D eigenvalue weighted by molar-refractivity contribution is 5.88. The zero-order chi connectivity index (χ0) is 8.55. The Kier molecular flexibility index (Phi) is 1.89. The molecule has 2 aliphatic heterocycles. The van der Waals surface area contributed by atoms with Gasteiger partial charge < -0.3 is 9.47 Å². The van der Waals surface area contributed by atoms with Gasteiger partial charge in [-0.3, -0.25) is 0 Å². The van der Waals surface area contributed by atoms with E-state index in [9.17, 15) is 4.79 Å². The van der Waals surface area contributed by atoms with Gasteiger partial charge in [0.2, 0.25) is 0 Å². The lowest BCUT2D eigenvalue weighted by Crippen LogP contribution is -2.20. The van der Waals surface area contributed by atoms with Gasteiger partial charge in [0, 0.05) is 12.0 Å². The van der Waals surface area contributed by atoms with Crippen molar-refractivity contribution in [2.24, 2.45) is 0 Å². The second-order valence-electron chi connectivity index (χ2n) is 3.26. The summed E-state index contributed by atoms with van der Waals surface area (Å²) in [5.41, 5.74) is 0.788. The highest BCUT2D eigenvalue weighted by atomic mass is 16.5. The van der Waals surface area contributed by atoms with E-state index in [2.05, 4.69) is 4.74 Å². The van der Waals surface area contributed by atoms with E-state index >= 15 is 0 Å². The Balaban J connectivity index is 2.13. The maximum absolute atomic E-state index is 11.1. The van der Waals surface area contributed by atoms with Crippen LogP contribution in [-0.2, 0) is 14.3 Å². The summed E-state index contributed by atoms with van der Waals surface area (Å²) < 4.78 is 10.2. The Morgan fingerprint density at radius 3 is 3.17 bits per heavy atom. The van der Waals surface area contributed by atoms with Gasteiger partial charge >= 0.3 is 5.97 Å². The second-order valence-corrected chi connectivity index (χ2v) is 3.26. The van der Waals surface area contributed by atoms with E-state index in [1.807, 2.05) is 6.08 Å². The molecule has 2 atom stereocenters. The van der Waals surface area contributed by atoms with E-state index in [0.717, 1.165) is 24.8 Å². The molecule has 0 aromatic heterocycles. The molecule has 3 heteroatoms. The van der Waals surface area contributed by atoms with Crippen LogP contribution in [0.4, 0.5) is 0 Å². The van der Waals surface area contributed by atoms with E-state index in [1.165, 1.54) is 7.11 Å². The van der Waals surface area contributed by atoms with Gasteiger partial charge in [-0.05, 0) is 18.9 Å². The standard InChI is InChI=1S/C9H12O3/c1-11-9(10)6-4-7-2-3-8(5-6)12-7/h4,7-8H,2-3,5H2,1H3. The molecule has 0 spiro atoms. The highest BCUT2D eigenvalue weighted by Crippen LogP contribution is 2.31. The summed E-state index contributed by atoms with van der Waals surface area (Å²) in [4.78, 5) is 11.1. The molecule has 0 saturated carbocycles. The molecule has 0 aromatic rings. The number of carbonyl (C=O) groups is 1. The molecule has 12 heavy (non-hydrogen) atoms. The van der Waals surface area contributed by atoms with Crippen molar-refractivity contribution in [1.29, 1.82) is 0 Å². The van der Waals surface area contributed by atoms with E-state index in [4.69, 9.17) is 4.74 Å². The number of methoxy groups -OCH3 is 1. The molecule has 66 valence electrons. The predicted octanol–water partition coefficient (Wildman–Crippen LogP) is 1.04. The fourth-order valence-corrected chi connectivity index (χ4v) is 1.83. The zero-order valence-electron chi connectivity index (χ0n) is 7.08. The van der Waals surface area contributed by atoms with E-state index in [0.29, 0.717) is 0 Å². The molecular formula is C9H12O3. The SMILES string of the molecule is COC(=O)C1=CC2CCC(C1)O2. The molecule has 2 bridgehead atoms. The third-order valence-corrected chi connectivity index (χ3v) is 2.42. The van der Waals surface area contributed by atoms with Crippen LogP contribution in [0.3, 0.4) is 0 Å². The van der Waals surface area contributed by atoms with Crippen LogP contribution in [0.5, 0.6) is 0 Å². The fraction of sp³-hybridized carbons (Fsp3) is 0.667. The highest BCUT2D eigenvalue weighted by Gasteiger charge is 2.31. The zero-order valence-corrected chi connectivity index (χ0v) is 7.08. The minimum atomic E-state index is -0.199. The van der Waals surface area contributed by atoms with Gasteiger partial charge in [0.25, 0.3) is 0 Å². The lowest BCUT2D eigenvalue weighted by atomic mass is 10.1. The molecule has 1 fully saturated rings. The summed E-state index contributed by atoms with van der Waals surface area (Å²) in [6.45, 7) is 0. The van der Waals surface area contributed by atoms with Crippen molar-refractivity contribution in [2.75, 3.05) is 7.11 Å². The van der Waals surface area contributed by atoms with E-state index < -0.39 is 0 Å². The molecule has 0 aliphatic carbocycles. The topological polar surface area (TPSA) is 35.5 Å². The van der Waals surface area contributed by atoms with Gasteiger partial charge in [0.05, 0.1) is 19.3 Å². The van der Waals surface area contributed by atoms with Crippen LogP contribution in [-0.4, -0.2) is 25.3 Å². The minimum Gasteiger partial charge on any atom is -0.466 e. The molecule has 3 nitrogen and oxygen atoms in total. The van der Waals surface area contributed by atoms with Gasteiger partial charge in [0.1, 0.15) is 0 Å². The van der Waals surface area contributed by atoms with Crippen molar-refractivity contribution in [3.8, 4) is 0 Å². The fourth-order valence-electron chi connectivity index (χ4n) is 1.83. The molecule has 0 amide bonds. The van der Waals surface area contributed by atoms with Crippen molar-refractivity contribution in [3.63, 3.8) is 0 Å². The Bertz CT molecular complexity index is 232. The Hall–Kier alpha value is -0.830. The van der Waals surface area contributed by atoms with Crippen LogP contribution in [0.15, 0.2) is 11.6 Å². The predicted molar refractivity (Wildman–Crippen MR) is 42.6 cm³/mol. The van der Waals surface area contributed by atoms with Crippen molar-refractivity contribution in [2.45, 2.75) is 31.5 Å². The number of hydrogen-bond acceptors (Lipinski definition) is 3. The molecule has 2 aliphatic rings. The first-order chi connectivity index (χ1) is 5.79. The quantitative estimate of drug-likeness (QED) is 0.549. The first-order valence-electron chi connectivity index (χ1n) is 4.24. The maximum Gasteiger partial charge on any atom is 0.333 e. The first kappa shape index (κ1) is 7.80. The van der Waals surface area contributed by atoms with Crippen LogP contribution in [0.1, 0.15) is 19.3 Å². The molecular weight excluding hydrogens is 156 g/mol. The number of esters is 1. The average Bonchev–Trinajstić information content (AvgIpc) is 2.44. The van der Waals surface area contributed by atoms with Crippen molar-refractivity contribution >= 4 is 5.97 Å². The number of ether oxygens (including phenoxy) is 2. The average molecular weight is 168 g/mol. The number of carbonyl (C=O) groups excluding carboxylic acids is 1. The van der Waals surface area contributed by atoms with Crippen LogP contribution in [0, 0.1) is 0 Å². The van der Waals surface area contributed by atoms with Crippen LogP contribution >= 0.6 is 0 Å². The normalized spacial score (nSPS) is 32.9. The van der Waals surface area contributed by atoms with Gasteiger partial charge in [-0.2, -0.15) is 0 Å². The lowest BCUT2D eigenvalue weighted by Gasteiger charge is -2.18. The summed E-state index contributed by atoms with van der Waals surface area (Å²) in [6, 6.07) is 0. The molecule has 2 unspecified atom stereocenters. The van der Waals surface area contributed by atoms with Crippen molar-refractivity contribution < 1.29 is 14.3 Å². The van der Waals surface area contributed by atoms with E-state index in [1.54, 1.807) is 0 Å². The van der Waals surface area contributed by atoms with Crippen LogP contribution < -0.4 is 0 Å². The number of fused-ring (bicyclic) bond motifs is 2. The Morgan fingerprint density at radius 2 is 2.50 bits per heavy atom. The summed E-state index contributed by atoms with van der Waals surface area (Å²) >= 11 is 0. The first-order valence-corrected chi connectivity index (χ1v) is 4.24. The van der Waals surface area contributed by atoms with E-state index in [-0.39, 0.29) is 18.2 Å². The van der Waals surface area contributed by atoms with Gasteiger partial charge in [0.15, 0.2) is 0 Å². The van der Waals surface area contributed by atoms with Crippen LogP contribution in [0.2, 0.25) is 0 Å². The molecule has 0 aromatic carbocycles. The lowest BCUT2D eigenvalue weighted by molar-refractivity contribution is -0.137. The number of rotatable bonds is 1. The summed E-state index contributed by atoms with van der Waals surface area (Å²) in [6.07, 6.45) is 5.16. The Morgan fingerprint density at radius 1 is 1.67 bits per heavy atom. The monoisotopic (exact) mass is 168 g/mol. The Labute approximate surface area is 71.3 Å². The summed E-state index contributed by atoms with van der Waals surface area (Å²) in [5, 5.41) is 0. The molecule has 2 rings (SSSR count). The summed E-state index contributed by atoms with van der Waals surface area (Å²) in [7, 11) is 1.42. The van der Waals surface area contributed by atoms with Gasteiger partial charge in [-0.15, -0.1) is 0 Å². The van der Waals surface area contributed by atoms with Crippen molar-refractivity contribution in [1.82, 2.24) is 0 Å². The smallest absolute Gasteiger partial charge is 0.333 e. The van der Waals surface area contributed by atoms with Crippen LogP contribution in [0.25, 0.3) is 0 Å². The number of hydrogen-bond donors (Lipinski definition) is 0. The van der Waals surface area contributed by atoms with Gasteiger partial charge in [-0.25, -0.2) is 4.79 Å². The molecule has 0 radical (unpaired) electrons. The minimum absolute atomic E-state index is 0.165. The molecule has 1 saturated heterocycles. The third-order valence-electron chi connectivity index (χ3n) is 2.42.